The first-order chi connectivity index (χ1) is 12.8. The Morgan fingerprint density at radius 1 is 1.19 bits per heavy atom. The number of allylic oxidation sites excluding steroid dienone is 2. The predicted octanol–water partition coefficient (Wildman–Crippen LogP) is 2.00. The summed E-state index contributed by atoms with van der Waals surface area (Å²) in [6, 6.07) is 3.98. The number of benzene rings is 1. The van der Waals surface area contributed by atoms with Gasteiger partial charge in [-0.2, -0.15) is 0 Å². The van der Waals surface area contributed by atoms with E-state index in [1.807, 2.05) is 9.80 Å². The summed E-state index contributed by atoms with van der Waals surface area (Å²) >= 11 is 0. The molecule has 2 aliphatic rings. The quantitative estimate of drug-likeness (QED) is 0.441. The molecular formula is C18H23N3O5S. The zero-order valence-electron chi connectivity index (χ0n) is 15.2. The van der Waals surface area contributed by atoms with Crippen LogP contribution in [0.3, 0.4) is 0 Å². The van der Waals surface area contributed by atoms with E-state index in [0.717, 1.165) is 31.6 Å². The van der Waals surface area contributed by atoms with Crippen molar-refractivity contribution in [1.29, 1.82) is 0 Å². The maximum atomic E-state index is 12.6. The third-order valence-electron chi connectivity index (χ3n) is 5.12. The Morgan fingerprint density at radius 3 is 2.44 bits per heavy atom. The van der Waals surface area contributed by atoms with Crippen molar-refractivity contribution in [3.05, 3.63) is 40.5 Å². The van der Waals surface area contributed by atoms with Gasteiger partial charge >= 0.3 is 0 Å². The van der Waals surface area contributed by atoms with E-state index in [-0.39, 0.29) is 22.4 Å². The third kappa shape index (κ3) is 4.29. The number of hydrogen-bond acceptors (Lipinski definition) is 6. The first kappa shape index (κ1) is 19.3. The average Bonchev–Trinajstić information content (AvgIpc) is 2.67. The number of amides is 1. The minimum absolute atomic E-state index is 0.0323. The van der Waals surface area contributed by atoms with Crippen molar-refractivity contribution in [2.24, 2.45) is 5.92 Å². The Hall–Kier alpha value is -2.42. The van der Waals surface area contributed by atoms with E-state index in [4.69, 9.17) is 0 Å². The summed E-state index contributed by atoms with van der Waals surface area (Å²) in [5.41, 5.74) is 0.162. The summed E-state index contributed by atoms with van der Waals surface area (Å²) in [6.07, 6.45) is 7.74. The molecule has 27 heavy (non-hydrogen) atoms. The van der Waals surface area contributed by atoms with Gasteiger partial charge in [0.25, 0.3) is 5.69 Å². The molecule has 0 bridgehead atoms. The topological polar surface area (TPSA) is 101 Å². The number of sulfone groups is 1. The van der Waals surface area contributed by atoms with Crippen LogP contribution >= 0.6 is 0 Å². The lowest BCUT2D eigenvalue weighted by Crippen LogP contribution is -2.50. The summed E-state index contributed by atoms with van der Waals surface area (Å²) < 4.78 is 23.4. The first-order valence-electron chi connectivity index (χ1n) is 8.94. The van der Waals surface area contributed by atoms with E-state index in [1.54, 1.807) is 0 Å². The summed E-state index contributed by atoms with van der Waals surface area (Å²) in [7, 11) is -3.52. The van der Waals surface area contributed by atoms with Crippen LogP contribution in [0.25, 0.3) is 0 Å². The Morgan fingerprint density at radius 2 is 1.89 bits per heavy atom. The van der Waals surface area contributed by atoms with Crippen molar-refractivity contribution >= 4 is 27.1 Å². The fourth-order valence-corrected chi connectivity index (χ4v) is 4.23. The Labute approximate surface area is 158 Å². The van der Waals surface area contributed by atoms with Crippen LogP contribution in [0, 0.1) is 16.0 Å². The molecule has 1 aliphatic carbocycles. The standard InChI is InChI=1S/C18H23N3O5S/c1-27(25,26)15-7-8-16(17(13-15)21(23)24)19-9-11-20(12-10-19)18(22)14-5-3-2-4-6-14/h2-3,7-8,13-14H,4-6,9-12H2,1H3. The highest BCUT2D eigenvalue weighted by Crippen LogP contribution is 2.32. The molecule has 1 atom stereocenters. The molecule has 1 fully saturated rings. The smallest absolute Gasteiger partial charge is 0.293 e. The van der Waals surface area contributed by atoms with Crippen molar-refractivity contribution in [3.63, 3.8) is 0 Å². The molecule has 0 N–H and O–H groups in total. The average molecular weight is 393 g/mol. The van der Waals surface area contributed by atoms with Gasteiger partial charge in [-0.15, -0.1) is 0 Å². The molecule has 0 radical (unpaired) electrons. The summed E-state index contributed by atoms with van der Waals surface area (Å²) in [5, 5.41) is 11.4. The highest BCUT2D eigenvalue weighted by molar-refractivity contribution is 7.90. The summed E-state index contributed by atoms with van der Waals surface area (Å²) in [4.78, 5) is 27.1. The molecule has 9 heteroatoms. The third-order valence-corrected chi connectivity index (χ3v) is 6.23. The van der Waals surface area contributed by atoms with Crippen LogP contribution in [0.5, 0.6) is 0 Å². The minimum atomic E-state index is -3.52. The molecule has 1 heterocycles. The molecule has 1 aromatic carbocycles. The monoisotopic (exact) mass is 393 g/mol. The van der Waals surface area contributed by atoms with E-state index in [9.17, 15) is 23.3 Å². The number of rotatable bonds is 4. The van der Waals surface area contributed by atoms with Gasteiger partial charge in [0, 0.05) is 44.4 Å². The fraction of sp³-hybridized carbons (Fsp3) is 0.500. The summed E-state index contributed by atoms with van der Waals surface area (Å²) in [5.74, 6) is 0.186. The van der Waals surface area contributed by atoms with Gasteiger partial charge in [0.1, 0.15) is 5.69 Å². The van der Waals surface area contributed by atoms with Crippen molar-refractivity contribution in [2.75, 3.05) is 37.3 Å². The molecule has 0 spiro atoms. The zero-order chi connectivity index (χ0) is 19.6. The summed E-state index contributed by atoms with van der Waals surface area (Å²) in [6.45, 7) is 1.97. The van der Waals surface area contributed by atoms with E-state index in [0.29, 0.717) is 31.9 Å². The maximum absolute atomic E-state index is 12.6. The van der Waals surface area contributed by atoms with Gasteiger partial charge in [-0.3, -0.25) is 14.9 Å². The molecule has 3 rings (SSSR count). The van der Waals surface area contributed by atoms with Gasteiger partial charge in [0.05, 0.1) is 9.82 Å². The Balaban J connectivity index is 1.73. The number of nitro groups is 1. The Kier molecular flexibility index (Phi) is 5.50. The number of piperazine rings is 1. The molecule has 146 valence electrons. The molecule has 0 saturated carbocycles. The Bertz CT molecular complexity index is 873. The van der Waals surface area contributed by atoms with E-state index < -0.39 is 14.8 Å². The maximum Gasteiger partial charge on any atom is 0.293 e. The molecule has 1 saturated heterocycles. The second kappa shape index (κ2) is 7.67. The SMILES string of the molecule is CS(=O)(=O)c1ccc(N2CCN(C(=O)C3CC=CCC3)CC2)c([N+](=O)[O-])c1. The van der Waals surface area contributed by atoms with Gasteiger partial charge in [0.2, 0.25) is 5.91 Å². The number of hydrogen-bond donors (Lipinski definition) is 0. The van der Waals surface area contributed by atoms with Gasteiger partial charge < -0.3 is 9.80 Å². The minimum Gasteiger partial charge on any atom is -0.362 e. The predicted molar refractivity (Wildman–Crippen MR) is 101 cm³/mol. The van der Waals surface area contributed by atoms with E-state index >= 15 is 0 Å². The van der Waals surface area contributed by atoms with Crippen molar-refractivity contribution in [3.8, 4) is 0 Å². The van der Waals surface area contributed by atoms with Crippen LogP contribution in [0.15, 0.2) is 35.2 Å². The van der Waals surface area contributed by atoms with Crippen LogP contribution in [0.2, 0.25) is 0 Å². The van der Waals surface area contributed by atoms with Gasteiger partial charge in [0.15, 0.2) is 9.84 Å². The largest absolute Gasteiger partial charge is 0.362 e. The van der Waals surface area contributed by atoms with Crippen molar-refractivity contribution in [2.45, 2.75) is 24.2 Å². The number of anilines is 1. The molecule has 1 unspecified atom stereocenters. The highest BCUT2D eigenvalue weighted by atomic mass is 32.2. The van der Waals surface area contributed by atoms with Crippen molar-refractivity contribution < 1.29 is 18.1 Å². The van der Waals surface area contributed by atoms with E-state index in [2.05, 4.69) is 12.2 Å². The number of nitro benzene ring substituents is 1. The van der Waals surface area contributed by atoms with Crippen LogP contribution in [-0.2, 0) is 14.6 Å². The van der Waals surface area contributed by atoms with E-state index in [1.165, 1.54) is 12.1 Å². The molecule has 0 aromatic heterocycles. The fourth-order valence-electron chi connectivity index (χ4n) is 3.59. The normalized spacial score (nSPS) is 20.6. The van der Waals surface area contributed by atoms with Crippen molar-refractivity contribution in [1.82, 2.24) is 4.90 Å². The number of carbonyl (C=O) groups is 1. The van der Waals surface area contributed by atoms with Gasteiger partial charge in [-0.05, 0) is 31.4 Å². The number of carbonyl (C=O) groups excluding carboxylic acids is 1. The lowest BCUT2D eigenvalue weighted by atomic mass is 9.93. The van der Waals surface area contributed by atoms with Crippen LogP contribution in [0.4, 0.5) is 11.4 Å². The second-order valence-electron chi connectivity index (χ2n) is 6.97. The molecule has 8 nitrogen and oxygen atoms in total. The number of nitrogens with zero attached hydrogens (tertiary/aromatic N) is 3. The highest BCUT2D eigenvalue weighted by Gasteiger charge is 2.30. The molecular weight excluding hydrogens is 370 g/mol. The van der Waals surface area contributed by atoms with Crippen LogP contribution in [-0.4, -0.2) is 56.6 Å². The molecule has 1 aromatic rings. The zero-order valence-corrected chi connectivity index (χ0v) is 16.0. The molecule has 1 aliphatic heterocycles. The first-order valence-corrected chi connectivity index (χ1v) is 10.8. The van der Waals surface area contributed by atoms with Crippen LogP contribution in [0.1, 0.15) is 19.3 Å². The lowest BCUT2D eigenvalue weighted by Gasteiger charge is -2.37. The van der Waals surface area contributed by atoms with Gasteiger partial charge in [-0.1, -0.05) is 12.2 Å². The van der Waals surface area contributed by atoms with Crippen LogP contribution < -0.4 is 4.90 Å². The second-order valence-corrected chi connectivity index (χ2v) is 8.99. The van der Waals surface area contributed by atoms with Gasteiger partial charge in [-0.25, -0.2) is 8.42 Å². The lowest BCUT2D eigenvalue weighted by molar-refractivity contribution is -0.384. The molecule has 1 amide bonds.